The summed E-state index contributed by atoms with van der Waals surface area (Å²) in [5.74, 6) is -0.792. The Balaban J connectivity index is 2.84. The number of rotatable bonds is 5. The number of halogens is 1. The zero-order valence-corrected chi connectivity index (χ0v) is 11.3. The average molecular weight is 317 g/mol. The first-order chi connectivity index (χ1) is 8.45. The number of aromatic nitrogens is 1. The van der Waals surface area contributed by atoms with Gasteiger partial charge in [0.05, 0.1) is 10.0 Å². The van der Waals surface area contributed by atoms with Crippen molar-refractivity contribution in [3.8, 4) is 0 Å². The maximum atomic E-state index is 11.8. The fraction of sp³-hybridized carbons (Fsp3) is 0.400. The van der Waals surface area contributed by atoms with E-state index in [2.05, 4.69) is 26.2 Å². The van der Waals surface area contributed by atoms with Gasteiger partial charge >= 0.3 is 5.82 Å². The monoisotopic (exact) mass is 316 g/mol. The van der Waals surface area contributed by atoms with Crippen LogP contribution in [0.5, 0.6) is 0 Å². The van der Waals surface area contributed by atoms with Gasteiger partial charge in [0.15, 0.2) is 6.20 Å². The van der Waals surface area contributed by atoms with E-state index in [0.717, 1.165) is 12.5 Å². The van der Waals surface area contributed by atoms with E-state index in [9.17, 15) is 14.9 Å². The summed E-state index contributed by atoms with van der Waals surface area (Å²) in [5.41, 5.74) is 5.84. The average Bonchev–Trinajstić information content (AvgIpc) is 2.35. The Morgan fingerprint density at radius 1 is 1.72 bits per heavy atom. The summed E-state index contributed by atoms with van der Waals surface area (Å²) >= 11 is 3.13. The quantitative estimate of drug-likeness (QED) is 0.626. The van der Waals surface area contributed by atoms with Crippen LogP contribution in [0.25, 0.3) is 0 Å². The third kappa shape index (κ3) is 3.74. The standard InChI is InChI=1S/C10H13BrN4O3/c1-2-6(12)4-14-10(16)7-3-9(15(17)18)13-5-8(7)11/h3,5-6H,2,4,12H2,1H3,(H,14,16). The van der Waals surface area contributed by atoms with Crippen LogP contribution in [-0.2, 0) is 0 Å². The Morgan fingerprint density at radius 2 is 2.39 bits per heavy atom. The second kappa shape index (κ2) is 6.41. The predicted molar refractivity (Wildman–Crippen MR) is 69.2 cm³/mol. The summed E-state index contributed by atoms with van der Waals surface area (Å²) in [6, 6.07) is 0.987. The summed E-state index contributed by atoms with van der Waals surface area (Å²) in [6.45, 7) is 2.22. The summed E-state index contributed by atoms with van der Waals surface area (Å²) in [4.78, 5) is 25.3. The van der Waals surface area contributed by atoms with Gasteiger partial charge in [0.25, 0.3) is 5.91 Å². The summed E-state index contributed by atoms with van der Waals surface area (Å²) in [7, 11) is 0. The highest BCUT2D eigenvalue weighted by Crippen LogP contribution is 2.19. The lowest BCUT2D eigenvalue weighted by Gasteiger charge is -2.10. The highest BCUT2D eigenvalue weighted by Gasteiger charge is 2.17. The molecule has 8 heteroatoms. The SMILES string of the molecule is CCC(N)CNC(=O)c1cc([N+](=O)[O-])ncc1Br. The van der Waals surface area contributed by atoms with E-state index in [4.69, 9.17) is 5.73 Å². The number of nitrogens with two attached hydrogens (primary N) is 1. The van der Waals surface area contributed by atoms with Crippen LogP contribution in [0, 0.1) is 10.1 Å². The van der Waals surface area contributed by atoms with E-state index in [1.165, 1.54) is 6.20 Å². The third-order valence-corrected chi connectivity index (χ3v) is 2.95. The van der Waals surface area contributed by atoms with Crippen molar-refractivity contribution in [2.45, 2.75) is 19.4 Å². The lowest BCUT2D eigenvalue weighted by atomic mass is 10.2. The van der Waals surface area contributed by atoms with Crippen LogP contribution in [-0.4, -0.2) is 28.4 Å². The largest absolute Gasteiger partial charge is 0.364 e. The molecule has 0 aliphatic heterocycles. The first kappa shape index (κ1) is 14.5. The first-order valence-electron chi connectivity index (χ1n) is 5.29. The minimum Gasteiger partial charge on any atom is -0.358 e. The van der Waals surface area contributed by atoms with Crippen LogP contribution >= 0.6 is 15.9 Å². The normalized spacial score (nSPS) is 11.9. The van der Waals surface area contributed by atoms with Gasteiger partial charge in [-0.15, -0.1) is 0 Å². The number of nitrogens with zero attached hydrogens (tertiary/aromatic N) is 2. The molecule has 0 aromatic carbocycles. The van der Waals surface area contributed by atoms with Crippen LogP contribution in [0.2, 0.25) is 0 Å². The molecule has 0 radical (unpaired) electrons. The molecule has 0 spiro atoms. The van der Waals surface area contributed by atoms with Gasteiger partial charge < -0.3 is 21.2 Å². The van der Waals surface area contributed by atoms with Gasteiger partial charge in [-0.05, 0) is 32.3 Å². The van der Waals surface area contributed by atoms with Gasteiger partial charge in [-0.1, -0.05) is 6.92 Å². The minimum atomic E-state index is -0.652. The maximum absolute atomic E-state index is 11.8. The van der Waals surface area contributed by atoms with E-state index < -0.39 is 10.8 Å². The minimum absolute atomic E-state index is 0.135. The zero-order chi connectivity index (χ0) is 13.7. The number of hydrogen-bond donors (Lipinski definition) is 2. The molecule has 18 heavy (non-hydrogen) atoms. The van der Waals surface area contributed by atoms with Crippen molar-refractivity contribution in [2.75, 3.05) is 6.54 Å². The highest BCUT2D eigenvalue weighted by molar-refractivity contribution is 9.10. The molecule has 98 valence electrons. The first-order valence-corrected chi connectivity index (χ1v) is 6.08. The highest BCUT2D eigenvalue weighted by atomic mass is 79.9. The predicted octanol–water partition coefficient (Wildman–Crippen LogP) is 1.22. The van der Waals surface area contributed by atoms with Crippen LogP contribution < -0.4 is 11.1 Å². The molecular weight excluding hydrogens is 304 g/mol. The molecular formula is C10H13BrN4O3. The number of pyridine rings is 1. The molecule has 1 aromatic heterocycles. The van der Waals surface area contributed by atoms with Gasteiger partial charge in [0.2, 0.25) is 0 Å². The number of amides is 1. The molecule has 1 amide bonds. The topological polar surface area (TPSA) is 111 Å². The van der Waals surface area contributed by atoms with Crippen molar-refractivity contribution in [3.05, 3.63) is 32.4 Å². The van der Waals surface area contributed by atoms with E-state index in [1.807, 2.05) is 6.92 Å². The molecule has 1 unspecified atom stereocenters. The van der Waals surface area contributed by atoms with Crippen molar-refractivity contribution in [3.63, 3.8) is 0 Å². The number of nitro groups is 1. The van der Waals surface area contributed by atoms with Crippen LogP contribution in [0.1, 0.15) is 23.7 Å². The van der Waals surface area contributed by atoms with Gasteiger partial charge in [0.1, 0.15) is 0 Å². The molecule has 3 N–H and O–H groups in total. The van der Waals surface area contributed by atoms with Gasteiger partial charge in [0, 0.05) is 18.7 Å². The molecule has 0 aliphatic carbocycles. The molecule has 1 atom stereocenters. The van der Waals surface area contributed by atoms with Crippen molar-refractivity contribution >= 4 is 27.7 Å². The Kier molecular flexibility index (Phi) is 5.17. The van der Waals surface area contributed by atoms with E-state index in [-0.39, 0.29) is 17.4 Å². The van der Waals surface area contributed by atoms with Gasteiger partial charge in [-0.25, -0.2) is 0 Å². The summed E-state index contributed by atoms with van der Waals surface area (Å²) < 4.78 is 0.399. The fourth-order valence-corrected chi connectivity index (χ4v) is 1.56. The fourth-order valence-electron chi connectivity index (χ4n) is 1.16. The van der Waals surface area contributed by atoms with Crippen molar-refractivity contribution < 1.29 is 9.72 Å². The number of carbonyl (C=O) groups excluding carboxylic acids is 1. The molecule has 1 rings (SSSR count). The van der Waals surface area contributed by atoms with Crippen LogP contribution in [0.3, 0.4) is 0 Å². The van der Waals surface area contributed by atoms with Crippen LogP contribution in [0.15, 0.2) is 16.7 Å². The molecule has 0 aliphatic rings. The Bertz CT molecular complexity index is 466. The van der Waals surface area contributed by atoms with Gasteiger partial charge in [-0.2, -0.15) is 0 Å². The van der Waals surface area contributed by atoms with Crippen molar-refractivity contribution in [2.24, 2.45) is 5.73 Å². The number of nitrogens with one attached hydrogen (secondary N) is 1. The molecule has 0 saturated carbocycles. The molecule has 1 heterocycles. The zero-order valence-electron chi connectivity index (χ0n) is 9.72. The third-order valence-electron chi connectivity index (χ3n) is 2.32. The molecule has 1 aromatic rings. The Hall–Kier alpha value is -1.54. The van der Waals surface area contributed by atoms with Crippen LogP contribution in [0.4, 0.5) is 5.82 Å². The Labute approximate surface area is 112 Å². The number of hydrogen-bond acceptors (Lipinski definition) is 5. The summed E-state index contributed by atoms with van der Waals surface area (Å²) in [6.07, 6.45) is 1.96. The van der Waals surface area contributed by atoms with Crippen molar-refractivity contribution in [1.29, 1.82) is 0 Å². The molecule has 0 fully saturated rings. The maximum Gasteiger partial charge on any atom is 0.364 e. The van der Waals surface area contributed by atoms with E-state index in [1.54, 1.807) is 0 Å². The van der Waals surface area contributed by atoms with E-state index in [0.29, 0.717) is 11.0 Å². The molecule has 0 bridgehead atoms. The van der Waals surface area contributed by atoms with Gasteiger partial charge in [-0.3, -0.25) is 4.79 Å². The second-order valence-electron chi connectivity index (χ2n) is 3.66. The second-order valence-corrected chi connectivity index (χ2v) is 4.51. The summed E-state index contributed by atoms with van der Waals surface area (Å²) in [5, 5.41) is 13.2. The number of carbonyl (C=O) groups is 1. The molecule has 0 saturated heterocycles. The van der Waals surface area contributed by atoms with Crippen molar-refractivity contribution in [1.82, 2.24) is 10.3 Å². The smallest absolute Gasteiger partial charge is 0.358 e. The lowest BCUT2D eigenvalue weighted by molar-refractivity contribution is -0.389. The molecule has 7 nitrogen and oxygen atoms in total. The Morgan fingerprint density at radius 3 is 2.94 bits per heavy atom. The lowest BCUT2D eigenvalue weighted by Crippen LogP contribution is -2.36. The van der Waals surface area contributed by atoms with E-state index >= 15 is 0 Å².